The molecule has 0 fully saturated rings. The molecule has 184 valence electrons. The summed E-state index contributed by atoms with van der Waals surface area (Å²) in [5, 5.41) is 20.7. The van der Waals surface area contributed by atoms with Gasteiger partial charge in [0.2, 0.25) is 5.91 Å². The van der Waals surface area contributed by atoms with Crippen LogP contribution in [0, 0.1) is 17.2 Å². The average Bonchev–Trinajstić information content (AvgIpc) is 3.14. The molecule has 0 aliphatic heterocycles. The lowest BCUT2D eigenvalue weighted by Crippen LogP contribution is -2.51. The number of nitriles is 1. The summed E-state index contributed by atoms with van der Waals surface area (Å²) in [6.45, 7) is 3.64. The van der Waals surface area contributed by atoms with E-state index in [0.717, 1.165) is 22.3 Å². The summed E-state index contributed by atoms with van der Waals surface area (Å²) in [6, 6.07) is 17.0. The highest BCUT2D eigenvalue weighted by Gasteiger charge is 2.31. The number of fused-ring (bicyclic) bond motifs is 3. The van der Waals surface area contributed by atoms with Crippen LogP contribution in [-0.2, 0) is 14.3 Å². The van der Waals surface area contributed by atoms with Crippen LogP contribution in [0.5, 0.6) is 0 Å². The summed E-state index contributed by atoms with van der Waals surface area (Å²) >= 11 is 0. The standard InChI is InChI=1S/C27H31N3O5/c1-18(2)15-30(16-25(31)32)26(33)24(13-7-8-14-28)29-27(34)35-17-23-21-11-5-3-9-19(21)20-10-4-6-12-22(20)23/h3-6,9-12,18,23-24H,7-8,13,15-17H2,1-2H3,(H,29,34)(H,31,32). The van der Waals surface area contributed by atoms with Crippen LogP contribution in [0.4, 0.5) is 4.79 Å². The van der Waals surface area contributed by atoms with Gasteiger partial charge in [0, 0.05) is 18.9 Å². The van der Waals surface area contributed by atoms with E-state index < -0.39 is 30.6 Å². The fourth-order valence-corrected chi connectivity index (χ4v) is 4.48. The number of hydrogen-bond acceptors (Lipinski definition) is 5. The molecule has 2 N–H and O–H groups in total. The molecule has 0 bridgehead atoms. The summed E-state index contributed by atoms with van der Waals surface area (Å²) in [5.74, 6) is -1.69. The molecule has 2 aromatic rings. The number of carboxylic acids is 1. The Morgan fingerprint density at radius 2 is 1.69 bits per heavy atom. The lowest BCUT2D eigenvalue weighted by Gasteiger charge is -2.28. The van der Waals surface area contributed by atoms with Crippen LogP contribution in [0.15, 0.2) is 48.5 Å². The number of nitrogens with one attached hydrogen (secondary N) is 1. The van der Waals surface area contributed by atoms with Crippen LogP contribution in [0.1, 0.15) is 50.2 Å². The van der Waals surface area contributed by atoms with E-state index in [9.17, 15) is 19.5 Å². The van der Waals surface area contributed by atoms with Gasteiger partial charge in [-0.25, -0.2) is 4.79 Å². The predicted octanol–water partition coefficient (Wildman–Crippen LogP) is 4.16. The highest BCUT2D eigenvalue weighted by molar-refractivity contribution is 5.88. The fraction of sp³-hybridized carbons (Fsp3) is 0.407. The number of carbonyl (C=O) groups is 3. The zero-order chi connectivity index (χ0) is 25.4. The summed E-state index contributed by atoms with van der Waals surface area (Å²) in [6.07, 6.45) is 0.0745. The van der Waals surface area contributed by atoms with Gasteiger partial charge in [-0.1, -0.05) is 62.4 Å². The van der Waals surface area contributed by atoms with Crippen molar-refractivity contribution in [3.8, 4) is 17.2 Å². The van der Waals surface area contributed by atoms with Gasteiger partial charge in [0.25, 0.3) is 0 Å². The molecule has 8 nitrogen and oxygen atoms in total. The van der Waals surface area contributed by atoms with E-state index in [4.69, 9.17) is 10.00 Å². The maximum atomic E-state index is 13.1. The molecule has 0 saturated heterocycles. The molecule has 3 rings (SSSR count). The summed E-state index contributed by atoms with van der Waals surface area (Å²) in [5.41, 5.74) is 4.37. The number of carboxylic acid groups (broad SMARTS) is 1. The number of carbonyl (C=O) groups excluding carboxylic acids is 2. The molecular weight excluding hydrogens is 446 g/mol. The zero-order valence-electron chi connectivity index (χ0n) is 20.1. The van der Waals surface area contributed by atoms with Gasteiger partial charge in [-0.2, -0.15) is 5.26 Å². The van der Waals surface area contributed by atoms with Crippen molar-refractivity contribution in [3.63, 3.8) is 0 Å². The number of aliphatic carboxylic acids is 1. The fourth-order valence-electron chi connectivity index (χ4n) is 4.48. The van der Waals surface area contributed by atoms with Crippen LogP contribution in [-0.4, -0.2) is 53.7 Å². The minimum atomic E-state index is -1.13. The van der Waals surface area contributed by atoms with Crippen molar-refractivity contribution in [1.29, 1.82) is 5.26 Å². The molecule has 2 aromatic carbocycles. The first-order chi connectivity index (χ1) is 16.8. The number of ether oxygens (including phenoxy) is 1. The van der Waals surface area contributed by atoms with Gasteiger partial charge in [-0.3, -0.25) is 9.59 Å². The Labute approximate surface area is 205 Å². The van der Waals surface area contributed by atoms with E-state index in [1.165, 1.54) is 4.90 Å². The number of amides is 2. The molecule has 0 radical (unpaired) electrons. The van der Waals surface area contributed by atoms with E-state index in [-0.39, 0.29) is 37.8 Å². The van der Waals surface area contributed by atoms with Crippen molar-refractivity contribution in [3.05, 3.63) is 59.7 Å². The molecule has 2 amide bonds. The molecule has 0 heterocycles. The molecular formula is C27H31N3O5. The van der Waals surface area contributed by atoms with Crippen molar-refractivity contribution in [1.82, 2.24) is 10.2 Å². The number of hydrogen-bond donors (Lipinski definition) is 2. The number of rotatable bonds is 11. The molecule has 0 aromatic heterocycles. The van der Waals surface area contributed by atoms with Crippen molar-refractivity contribution in [2.24, 2.45) is 5.92 Å². The molecule has 35 heavy (non-hydrogen) atoms. The SMILES string of the molecule is CC(C)CN(CC(=O)O)C(=O)C(CCCC#N)NC(=O)OCC1c2ccccc2-c2ccccc21. The van der Waals surface area contributed by atoms with E-state index in [1.807, 2.05) is 68.4 Å². The van der Waals surface area contributed by atoms with Gasteiger partial charge in [0.05, 0.1) is 6.07 Å². The summed E-state index contributed by atoms with van der Waals surface area (Å²) < 4.78 is 5.57. The number of alkyl carbamates (subject to hydrolysis) is 1. The molecule has 1 aliphatic carbocycles. The van der Waals surface area contributed by atoms with Gasteiger partial charge in [-0.15, -0.1) is 0 Å². The second kappa shape index (κ2) is 12.0. The Morgan fingerprint density at radius 3 is 2.23 bits per heavy atom. The highest BCUT2D eigenvalue weighted by atomic mass is 16.5. The monoisotopic (exact) mass is 477 g/mol. The van der Waals surface area contributed by atoms with E-state index in [0.29, 0.717) is 6.42 Å². The average molecular weight is 478 g/mol. The van der Waals surface area contributed by atoms with Crippen molar-refractivity contribution in [2.75, 3.05) is 19.7 Å². The van der Waals surface area contributed by atoms with Crippen LogP contribution >= 0.6 is 0 Å². The smallest absolute Gasteiger partial charge is 0.407 e. The van der Waals surface area contributed by atoms with Crippen LogP contribution in [0.3, 0.4) is 0 Å². The summed E-state index contributed by atoms with van der Waals surface area (Å²) in [4.78, 5) is 38.4. The number of nitrogens with zero attached hydrogens (tertiary/aromatic N) is 2. The molecule has 0 saturated carbocycles. The van der Waals surface area contributed by atoms with Gasteiger partial charge in [0.1, 0.15) is 19.2 Å². The van der Waals surface area contributed by atoms with E-state index >= 15 is 0 Å². The molecule has 1 aliphatic rings. The first-order valence-corrected chi connectivity index (χ1v) is 11.8. The van der Waals surface area contributed by atoms with Crippen molar-refractivity contribution >= 4 is 18.0 Å². The van der Waals surface area contributed by atoms with Crippen LogP contribution in [0.2, 0.25) is 0 Å². The first kappa shape index (κ1) is 25.8. The maximum Gasteiger partial charge on any atom is 0.407 e. The largest absolute Gasteiger partial charge is 0.480 e. The number of benzene rings is 2. The third kappa shape index (κ3) is 6.60. The van der Waals surface area contributed by atoms with Gasteiger partial charge >= 0.3 is 12.1 Å². The minimum Gasteiger partial charge on any atom is -0.480 e. The third-order valence-electron chi connectivity index (χ3n) is 5.94. The molecule has 0 spiro atoms. The van der Waals surface area contributed by atoms with Crippen LogP contribution in [0.25, 0.3) is 11.1 Å². The van der Waals surface area contributed by atoms with Crippen molar-refractivity contribution < 1.29 is 24.2 Å². The maximum absolute atomic E-state index is 13.1. The highest BCUT2D eigenvalue weighted by Crippen LogP contribution is 2.44. The zero-order valence-corrected chi connectivity index (χ0v) is 20.1. The van der Waals surface area contributed by atoms with E-state index in [2.05, 4.69) is 5.32 Å². The van der Waals surface area contributed by atoms with Gasteiger partial charge in [-0.05, 0) is 41.0 Å². The molecule has 8 heteroatoms. The second-order valence-electron chi connectivity index (χ2n) is 9.08. The Morgan fingerprint density at radius 1 is 1.09 bits per heavy atom. The first-order valence-electron chi connectivity index (χ1n) is 11.8. The third-order valence-corrected chi connectivity index (χ3v) is 5.94. The van der Waals surface area contributed by atoms with Crippen molar-refractivity contribution in [2.45, 2.75) is 45.1 Å². The van der Waals surface area contributed by atoms with Gasteiger partial charge < -0.3 is 20.1 Å². The molecule has 1 atom stereocenters. The quantitative estimate of drug-likeness (QED) is 0.469. The van der Waals surface area contributed by atoms with Crippen LogP contribution < -0.4 is 5.32 Å². The Balaban J connectivity index is 1.70. The van der Waals surface area contributed by atoms with E-state index in [1.54, 1.807) is 0 Å². The summed E-state index contributed by atoms with van der Waals surface area (Å²) in [7, 11) is 0. The minimum absolute atomic E-state index is 0.0486. The normalized spacial score (nSPS) is 12.9. The Bertz CT molecular complexity index is 1060. The topological polar surface area (TPSA) is 120 Å². The number of unbranched alkanes of at least 4 members (excludes halogenated alkanes) is 1. The lowest BCUT2D eigenvalue weighted by atomic mass is 9.98. The molecule has 1 unspecified atom stereocenters. The Kier molecular flexibility index (Phi) is 8.85. The Hall–Kier alpha value is -3.86. The second-order valence-corrected chi connectivity index (χ2v) is 9.08. The van der Waals surface area contributed by atoms with Gasteiger partial charge in [0.15, 0.2) is 0 Å². The lowest BCUT2D eigenvalue weighted by molar-refractivity contribution is -0.145. The predicted molar refractivity (Wildman–Crippen MR) is 131 cm³/mol.